The molecule has 0 saturated carbocycles. The van der Waals surface area contributed by atoms with E-state index in [1.807, 2.05) is 12.1 Å². The van der Waals surface area contributed by atoms with E-state index in [1.54, 1.807) is 0 Å². The van der Waals surface area contributed by atoms with Gasteiger partial charge in [0.2, 0.25) is 0 Å². The van der Waals surface area contributed by atoms with Crippen molar-refractivity contribution in [1.29, 1.82) is 0 Å². The smallest absolute Gasteiger partial charge is 0.135 e. The molecule has 8 aromatic rings. The zero-order valence-electron chi connectivity index (χ0n) is 23.9. The summed E-state index contributed by atoms with van der Waals surface area (Å²) in [5.74, 6) is 0.998. The average Bonchev–Trinajstić information content (AvgIpc) is 3.57. The van der Waals surface area contributed by atoms with Crippen LogP contribution in [0.15, 0.2) is 148 Å². The van der Waals surface area contributed by atoms with Crippen molar-refractivity contribution in [2.75, 3.05) is 4.90 Å². The molecule has 3 heteroatoms. The average molecular weight is 566 g/mol. The highest BCUT2D eigenvalue weighted by molar-refractivity contribution is 6.08. The summed E-state index contributed by atoms with van der Waals surface area (Å²) in [5, 5.41) is 5.81. The van der Waals surface area contributed by atoms with Gasteiger partial charge in [-0.05, 0) is 70.6 Å². The van der Waals surface area contributed by atoms with E-state index in [0.29, 0.717) is 0 Å². The molecule has 3 nitrogen and oxygen atoms in total. The monoisotopic (exact) mass is 565 g/mol. The van der Waals surface area contributed by atoms with Gasteiger partial charge in [-0.15, -0.1) is 0 Å². The van der Waals surface area contributed by atoms with E-state index in [4.69, 9.17) is 8.83 Å². The molecule has 0 radical (unpaired) electrons. The van der Waals surface area contributed by atoms with Crippen LogP contribution in [0.2, 0.25) is 0 Å². The number of hydrogen-bond acceptors (Lipinski definition) is 3. The lowest BCUT2D eigenvalue weighted by molar-refractivity contribution is 0.568. The van der Waals surface area contributed by atoms with Crippen LogP contribution in [0.5, 0.6) is 0 Å². The molecule has 0 bridgehead atoms. The second-order valence-corrected chi connectivity index (χ2v) is 11.3. The summed E-state index contributed by atoms with van der Waals surface area (Å²) >= 11 is 0. The Bertz CT molecular complexity index is 2480. The fourth-order valence-electron chi connectivity index (χ4n) is 6.69. The van der Waals surface area contributed by atoms with Crippen molar-refractivity contribution < 1.29 is 8.83 Å². The minimum absolute atomic E-state index is 0.757. The molecular weight excluding hydrogens is 538 g/mol. The van der Waals surface area contributed by atoms with Crippen molar-refractivity contribution in [3.05, 3.63) is 161 Å². The Kier molecular flexibility index (Phi) is 5.57. The minimum atomic E-state index is 0.757. The van der Waals surface area contributed by atoms with E-state index in [1.165, 1.54) is 10.4 Å². The lowest BCUT2D eigenvalue weighted by Gasteiger charge is -2.28. The zero-order valence-corrected chi connectivity index (χ0v) is 23.9. The summed E-state index contributed by atoms with van der Waals surface area (Å²) in [6.45, 7) is 0. The first-order valence-electron chi connectivity index (χ1n) is 15.0. The van der Waals surface area contributed by atoms with Crippen molar-refractivity contribution in [3.63, 3.8) is 0 Å². The van der Waals surface area contributed by atoms with Crippen LogP contribution in [0.25, 0.3) is 56.2 Å². The SMILES string of the molecule is C1=c2ccccc2=Cc2c(oc3cccc(-c4ccccc4N(c4ccccc4)c4ccc5oc6ccccc6c5c4)c23)C1. The molecule has 1 aliphatic rings. The van der Waals surface area contributed by atoms with E-state index < -0.39 is 0 Å². The molecule has 44 heavy (non-hydrogen) atoms. The highest BCUT2D eigenvalue weighted by Gasteiger charge is 2.22. The predicted molar refractivity (Wildman–Crippen MR) is 181 cm³/mol. The van der Waals surface area contributed by atoms with Crippen molar-refractivity contribution in [3.8, 4) is 11.1 Å². The molecule has 208 valence electrons. The number of anilines is 3. The molecule has 1 aliphatic carbocycles. The molecule has 0 aliphatic heterocycles. The van der Waals surface area contributed by atoms with E-state index in [0.717, 1.165) is 78.8 Å². The molecule has 0 N–H and O–H groups in total. The Morgan fingerprint density at radius 2 is 1.23 bits per heavy atom. The van der Waals surface area contributed by atoms with Gasteiger partial charge in [-0.1, -0.05) is 97.1 Å². The number of furan rings is 2. The molecule has 9 rings (SSSR count). The largest absolute Gasteiger partial charge is 0.460 e. The third-order valence-corrected chi connectivity index (χ3v) is 8.70. The molecule has 6 aromatic carbocycles. The van der Waals surface area contributed by atoms with Crippen LogP contribution in [0.4, 0.5) is 17.1 Å². The summed E-state index contributed by atoms with van der Waals surface area (Å²) < 4.78 is 12.7. The van der Waals surface area contributed by atoms with E-state index in [-0.39, 0.29) is 0 Å². The third kappa shape index (κ3) is 3.90. The number of rotatable bonds is 4. The van der Waals surface area contributed by atoms with Crippen LogP contribution in [-0.2, 0) is 6.42 Å². The van der Waals surface area contributed by atoms with E-state index in [9.17, 15) is 0 Å². The Balaban J connectivity index is 1.30. The van der Waals surface area contributed by atoms with E-state index >= 15 is 0 Å². The molecule has 0 saturated heterocycles. The first kappa shape index (κ1) is 24.8. The molecule has 0 unspecified atom stereocenters. The first-order chi connectivity index (χ1) is 21.8. The lowest BCUT2D eigenvalue weighted by Crippen LogP contribution is -2.22. The van der Waals surface area contributed by atoms with Crippen LogP contribution in [0, 0.1) is 0 Å². The van der Waals surface area contributed by atoms with Gasteiger partial charge in [-0.3, -0.25) is 0 Å². The molecule has 0 atom stereocenters. The lowest BCUT2D eigenvalue weighted by atomic mass is 9.95. The van der Waals surface area contributed by atoms with Gasteiger partial charge in [-0.25, -0.2) is 0 Å². The normalized spacial score (nSPS) is 12.4. The van der Waals surface area contributed by atoms with Crippen LogP contribution < -0.4 is 15.3 Å². The number of hydrogen-bond donors (Lipinski definition) is 0. The molecular formula is C41H27NO2. The van der Waals surface area contributed by atoms with Crippen molar-refractivity contribution in [1.82, 2.24) is 0 Å². The molecule has 0 spiro atoms. The number of benzene rings is 6. The highest BCUT2D eigenvalue weighted by atomic mass is 16.3. The van der Waals surface area contributed by atoms with Gasteiger partial charge in [0.25, 0.3) is 0 Å². The summed E-state index contributed by atoms with van der Waals surface area (Å²) in [4.78, 5) is 2.35. The molecule has 2 heterocycles. The summed E-state index contributed by atoms with van der Waals surface area (Å²) in [6.07, 6.45) is 5.31. The van der Waals surface area contributed by atoms with Gasteiger partial charge in [0.1, 0.15) is 22.5 Å². The van der Waals surface area contributed by atoms with Crippen molar-refractivity contribution >= 4 is 62.1 Å². The van der Waals surface area contributed by atoms with Crippen LogP contribution in [0.1, 0.15) is 11.3 Å². The fraction of sp³-hybridized carbons (Fsp3) is 0.0244. The third-order valence-electron chi connectivity index (χ3n) is 8.70. The van der Waals surface area contributed by atoms with Crippen molar-refractivity contribution in [2.45, 2.75) is 6.42 Å². The number of nitrogens with zero attached hydrogens (tertiary/aromatic N) is 1. The predicted octanol–water partition coefficient (Wildman–Crippen LogP) is 9.63. The van der Waals surface area contributed by atoms with Gasteiger partial charge < -0.3 is 13.7 Å². The fourth-order valence-corrected chi connectivity index (χ4v) is 6.69. The molecule has 0 amide bonds. The Morgan fingerprint density at radius 3 is 2.16 bits per heavy atom. The van der Waals surface area contributed by atoms with Crippen LogP contribution in [-0.4, -0.2) is 0 Å². The second kappa shape index (κ2) is 9.89. The summed E-state index contributed by atoms with van der Waals surface area (Å²) in [6, 6.07) is 49.0. The zero-order chi connectivity index (χ0) is 29.0. The number of fused-ring (bicyclic) bond motifs is 7. The van der Waals surface area contributed by atoms with Gasteiger partial charge in [0.15, 0.2) is 0 Å². The Labute approximate surface area is 254 Å². The Hall–Kier alpha value is -5.80. The molecule has 2 aromatic heterocycles. The maximum absolute atomic E-state index is 6.53. The minimum Gasteiger partial charge on any atom is -0.460 e. The summed E-state index contributed by atoms with van der Waals surface area (Å²) in [5.41, 5.74) is 9.37. The Morgan fingerprint density at radius 1 is 0.500 bits per heavy atom. The maximum Gasteiger partial charge on any atom is 0.135 e. The first-order valence-corrected chi connectivity index (χ1v) is 15.0. The van der Waals surface area contributed by atoms with E-state index in [2.05, 4.69) is 144 Å². The topological polar surface area (TPSA) is 29.5 Å². The van der Waals surface area contributed by atoms with Crippen LogP contribution >= 0.6 is 0 Å². The standard InChI is InChI=1S/C41H27NO2/c1-2-13-29(14-3-1)42(30-22-24-38-34(26-30)32-16-7-9-19-37(32)43-38)36-18-8-6-15-31(36)33-17-10-20-40-41(33)35-25-28-12-5-4-11-27(28)21-23-39(35)44-40/h1-22,24-26H,23H2. The second-order valence-electron chi connectivity index (χ2n) is 11.3. The van der Waals surface area contributed by atoms with Gasteiger partial charge in [-0.2, -0.15) is 0 Å². The van der Waals surface area contributed by atoms with Gasteiger partial charge in [0.05, 0.1) is 5.69 Å². The highest BCUT2D eigenvalue weighted by Crippen LogP contribution is 2.45. The number of para-hydroxylation sites is 3. The molecule has 0 fully saturated rings. The van der Waals surface area contributed by atoms with Gasteiger partial charge in [0, 0.05) is 45.1 Å². The van der Waals surface area contributed by atoms with Crippen molar-refractivity contribution in [2.24, 2.45) is 0 Å². The van der Waals surface area contributed by atoms with Gasteiger partial charge >= 0.3 is 0 Å². The quantitative estimate of drug-likeness (QED) is 0.213. The van der Waals surface area contributed by atoms with Crippen LogP contribution in [0.3, 0.4) is 0 Å². The summed E-state index contributed by atoms with van der Waals surface area (Å²) in [7, 11) is 0. The maximum atomic E-state index is 6.53.